The highest BCUT2D eigenvalue weighted by Gasteiger charge is 2.29. The molecule has 0 aliphatic heterocycles. The molecule has 6 aromatic heterocycles. The lowest BCUT2D eigenvalue weighted by atomic mass is 10.0. The summed E-state index contributed by atoms with van der Waals surface area (Å²) in [4.78, 5) is 14.5. The fourth-order valence-electron chi connectivity index (χ4n) is 19.3. The molecule has 0 spiro atoms. The van der Waals surface area contributed by atoms with Gasteiger partial charge in [-0.25, -0.2) is 0 Å². The van der Waals surface area contributed by atoms with Crippen molar-refractivity contribution in [2.24, 2.45) is 0 Å². The van der Waals surface area contributed by atoms with Crippen molar-refractivity contribution in [3.05, 3.63) is 473 Å². The molecule has 0 aliphatic carbocycles. The Morgan fingerprint density at radius 2 is 0.364 bits per heavy atom. The monoisotopic (exact) mass is 1780 g/mol. The van der Waals surface area contributed by atoms with Crippen LogP contribution in [-0.4, -0.2) is 0 Å². The molecule has 0 unspecified atom stereocenters. The summed E-state index contributed by atoms with van der Waals surface area (Å²) in [5.74, 6) is 0. The van der Waals surface area contributed by atoms with Gasteiger partial charge >= 0.3 is 0 Å². The number of benzene rings is 20. The highest BCUT2D eigenvalue weighted by Crippen LogP contribution is 2.56. The normalized spacial score (nSPS) is 11.6. The molecule has 132 heavy (non-hydrogen) atoms. The Kier molecular flexibility index (Phi) is 19.8. The average Bonchev–Trinajstić information content (AvgIpc) is 1.55. The lowest BCUT2D eigenvalue weighted by Gasteiger charge is -2.30. The van der Waals surface area contributed by atoms with Crippen LogP contribution in [0, 0.1) is 0 Å². The van der Waals surface area contributed by atoms with E-state index in [1.54, 1.807) is 0 Å². The van der Waals surface area contributed by atoms with Gasteiger partial charge in [0.05, 0.1) is 11.4 Å². The molecule has 0 atom stereocenters. The molecule has 26 rings (SSSR count). The Balaban J connectivity index is 0.000000142. The fraction of sp³-hybridized carbons (Fsp3) is 0. The number of para-hydroxylation sites is 9. The van der Waals surface area contributed by atoms with E-state index in [9.17, 15) is 0 Å². The first-order chi connectivity index (χ1) is 65.4. The summed E-state index contributed by atoms with van der Waals surface area (Å²) in [5, 5.41) is 14.7. The van der Waals surface area contributed by atoms with Crippen LogP contribution in [0.1, 0.15) is 0 Å². The number of rotatable bonds is 18. The summed E-state index contributed by atoms with van der Waals surface area (Å²) in [5.41, 5.74) is 21.4. The maximum absolute atomic E-state index is 6.52. The van der Waals surface area contributed by atoms with Crippen LogP contribution in [0.5, 0.6) is 0 Å². The van der Waals surface area contributed by atoms with E-state index in [2.05, 4.69) is 490 Å². The van der Waals surface area contributed by atoms with E-state index in [0.717, 1.165) is 124 Å². The molecule has 0 N–H and O–H groups in total. The van der Waals surface area contributed by atoms with Crippen molar-refractivity contribution in [3.63, 3.8) is 0 Å². The van der Waals surface area contributed by atoms with E-state index in [1.165, 1.54) is 101 Å². The average molecular weight is 1780 g/mol. The number of hydrogen-bond donors (Lipinski definition) is 0. The lowest BCUT2D eigenvalue weighted by Crippen LogP contribution is -2.13. The van der Waals surface area contributed by atoms with Crippen molar-refractivity contribution in [3.8, 4) is 0 Å². The molecule has 26 aromatic rings. The van der Waals surface area contributed by atoms with E-state index in [1.807, 2.05) is 68.8 Å². The third kappa shape index (κ3) is 14.1. The van der Waals surface area contributed by atoms with E-state index < -0.39 is 0 Å². The molecule has 20 aromatic carbocycles. The molecule has 7 nitrogen and oxygen atoms in total. The minimum atomic E-state index is 0.855. The Hall–Kier alpha value is -15.9. The molecule has 0 saturated carbocycles. The lowest BCUT2D eigenvalue weighted by molar-refractivity contribution is 0.669. The van der Waals surface area contributed by atoms with E-state index in [0.29, 0.717) is 0 Å². The zero-order valence-electron chi connectivity index (χ0n) is 71.2. The molecular formula is C120H78N6OS5. The Morgan fingerprint density at radius 1 is 0.129 bits per heavy atom. The van der Waals surface area contributed by atoms with Gasteiger partial charge in [-0.2, -0.15) is 0 Å². The third-order valence-electron chi connectivity index (χ3n) is 25.1. The van der Waals surface area contributed by atoms with Crippen molar-refractivity contribution >= 4 is 282 Å². The first-order valence-electron chi connectivity index (χ1n) is 44.3. The van der Waals surface area contributed by atoms with Crippen molar-refractivity contribution in [2.45, 2.75) is 0 Å². The number of thiophene rings is 5. The molecule has 624 valence electrons. The zero-order valence-corrected chi connectivity index (χ0v) is 75.2. The maximum Gasteiger partial charge on any atom is 0.137 e. The number of hydrogen-bond acceptors (Lipinski definition) is 12. The molecule has 0 bridgehead atoms. The number of anilines is 18. The molecule has 0 saturated heterocycles. The van der Waals surface area contributed by atoms with Gasteiger partial charge in [0, 0.05) is 209 Å². The quantitative estimate of drug-likeness (QED) is 0.0846. The zero-order chi connectivity index (χ0) is 87.1. The van der Waals surface area contributed by atoms with E-state index >= 15 is 0 Å². The topological polar surface area (TPSA) is 32.6 Å². The molecule has 12 heteroatoms. The highest BCUT2D eigenvalue weighted by molar-refractivity contribution is 7.27. The van der Waals surface area contributed by atoms with Gasteiger partial charge < -0.3 is 33.8 Å². The summed E-state index contributed by atoms with van der Waals surface area (Å²) in [6, 6.07) is 172. The predicted octanol–water partition coefficient (Wildman–Crippen LogP) is 37.9. The molecular weight excluding hydrogens is 1700 g/mol. The predicted molar refractivity (Wildman–Crippen MR) is 573 cm³/mol. The van der Waals surface area contributed by atoms with Crippen LogP contribution >= 0.6 is 56.7 Å². The SMILES string of the molecule is c1ccc(N(c2cc(N(c3ccccc3)c3ccc4c(c3)sc3ccccc34)c3c(c2)sc2ccc(N(c4ccccc4)c4ccccc4)cc23)c2ccc3sc4ccccc4c3c2)cc1.c1ccc(N(c2ccc3c(c2)oc2ccccc23)c2cc(N(c3ccccc3)c3ccc4sc5ccccc5c4c3)c3c(c2)sc2ccc(N(c4ccccc4)c4ccccc4)cc23)cc1. The molecule has 0 fully saturated rings. The highest BCUT2D eigenvalue weighted by atomic mass is 32.1. The van der Waals surface area contributed by atoms with Crippen molar-refractivity contribution in [1.82, 2.24) is 0 Å². The number of furan rings is 1. The second-order valence-corrected chi connectivity index (χ2v) is 38.5. The van der Waals surface area contributed by atoms with Crippen molar-refractivity contribution < 1.29 is 4.42 Å². The Morgan fingerprint density at radius 3 is 0.750 bits per heavy atom. The van der Waals surface area contributed by atoms with Gasteiger partial charge in [0.2, 0.25) is 0 Å². The minimum Gasteiger partial charge on any atom is -0.456 e. The van der Waals surface area contributed by atoms with Crippen LogP contribution in [0.3, 0.4) is 0 Å². The van der Waals surface area contributed by atoms with Crippen LogP contribution in [0.2, 0.25) is 0 Å². The van der Waals surface area contributed by atoms with Crippen molar-refractivity contribution in [2.75, 3.05) is 29.4 Å². The fourth-order valence-corrected chi connectivity index (χ4v) is 24.9. The minimum absolute atomic E-state index is 0.855. The summed E-state index contributed by atoms with van der Waals surface area (Å²) < 4.78 is 19.1. The number of nitrogens with zero attached hydrogens (tertiary/aromatic N) is 6. The first-order valence-corrected chi connectivity index (χ1v) is 48.4. The van der Waals surface area contributed by atoms with Crippen molar-refractivity contribution in [1.29, 1.82) is 0 Å². The van der Waals surface area contributed by atoms with Gasteiger partial charge in [0.1, 0.15) is 11.2 Å². The molecule has 0 amide bonds. The van der Waals surface area contributed by atoms with Crippen LogP contribution in [0.15, 0.2) is 478 Å². The summed E-state index contributed by atoms with van der Waals surface area (Å²) in [6.45, 7) is 0. The van der Waals surface area contributed by atoms with Crippen LogP contribution in [-0.2, 0) is 0 Å². The smallest absolute Gasteiger partial charge is 0.137 e. The summed E-state index contributed by atoms with van der Waals surface area (Å²) in [7, 11) is 0. The van der Waals surface area contributed by atoms with Gasteiger partial charge in [-0.15, -0.1) is 56.7 Å². The second kappa shape index (κ2) is 33.3. The standard InChI is InChI=1S/C60H39N3OS2.C60H39N3S3/c1-5-17-40(18-6-1)61(41-19-7-2-8-20-41)44-30-34-58-52(36-44)60-53(63(43-23-11-4-12-24-43)45-31-33-57-51(35-45)50-26-14-16-28-56(50)65-57)37-47(39-59(60)66-58)62(42-21-9-3-10-22-42)46-29-32-49-48-25-13-15-27-54(48)64-55(49)38-46;1-5-17-40(18-6-1)61(41-19-7-2-8-20-41)45-31-34-57-52(36-45)60-53(63(43-23-11-4-12-24-43)46-29-32-50-48-25-13-15-27-54(48)65-58(50)38-46)37-47(39-59(60)66-57)62(42-21-9-3-10-22-42)44-30-33-56-51(35-44)49-26-14-16-28-55(49)64-56/h2*1-39H. The number of fused-ring (bicyclic) bond motifs is 18. The van der Waals surface area contributed by atoms with Crippen LogP contribution in [0.25, 0.3) is 123 Å². The summed E-state index contributed by atoms with van der Waals surface area (Å²) in [6.07, 6.45) is 0. The maximum atomic E-state index is 6.52. The van der Waals surface area contributed by atoms with Crippen LogP contribution < -0.4 is 29.4 Å². The summed E-state index contributed by atoms with van der Waals surface area (Å²) >= 11 is 9.26. The third-order valence-corrected chi connectivity index (χ3v) is 30.8. The van der Waals surface area contributed by atoms with E-state index in [4.69, 9.17) is 4.42 Å². The van der Waals surface area contributed by atoms with E-state index in [-0.39, 0.29) is 0 Å². The van der Waals surface area contributed by atoms with Gasteiger partial charge in [0.15, 0.2) is 0 Å². The van der Waals surface area contributed by atoms with Gasteiger partial charge in [-0.1, -0.05) is 224 Å². The molecule has 6 heterocycles. The van der Waals surface area contributed by atoms with Crippen LogP contribution in [0.4, 0.5) is 102 Å². The first kappa shape index (κ1) is 78.4. The Labute approximate surface area is 782 Å². The van der Waals surface area contributed by atoms with Gasteiger partial charge in [-0.05, 0) is 243 Å². The molecule has 0 aliphatic rings. The van der Waals surface area contributed by atoms with Gasteiger partial charge in [-0.3, -0.25) is 0 Å². The second-order valence-electron chi connectivity index (χ2n) is 33.1. The largest absolute Gasteiger partial charge is 0.456 e. The molecule has 0 radical (unpaired) electrons. The van der Waals surface area contributed by atoms with Gasteiger partial charge in [0.25, 0.3) is 0 Å². The Bertz CT molecular complexity index is 8750.